The van der Waals surface area contributed by atoms with Gasteiger partial charge in [0.15, 0.2) is 0 Å². The lowest BCUT2D eigenvalue weighted by Gasteiger charge is -2.34. The molecule has 0 N–H and O–H groups in total. The fraction of sp³-hybridized carbons (Fsp3) is 1.00. The minimum absolute atomic E-state index is 1.01. The number of rotatable bonds is 4. The summed E-state index contributed by atoms with van der Waals surface area (Å²) in [6, 6.07) is 0. The Morgan fingerprint density at radius 3 is 1.25 bits per heavy atom. The first-order valence-electron chi connectivity index (χ1n) is 9.21. The maximum Gasteiger partial charge on any atom is 0.00603 e. The first-order chi connectivity index (χ1) is 9.90. The number of thioether (sulfide) groups is 2. The molecule has 0 aromatic carbocycles. The summed E-state index contributed by atoms with van der Waals surface area (Å²) in [5.41, 5.74) is 0. The summed E-state index contributed by atoms with van der Waals surface area (Å²) in [6.45, 7) is 0. The third-order valence-corrected chi connectivity index (χ3v) is 8.79. The van der Waals surface area contributed by atoms with Gasteiger partial charge in [-0.25, -0.2) is 0 Å². The second-order valence-electron chi connectivity index (χ2n) is 7.20. The normalized spacial score (nSPS) is 34.2. The van der Waals surface area contributed by atoms with Gasteiger partial charge < -0.3 is 0 Å². The predicted octanol–water partition coefficient (Wildman–Crippen LogP) is 6.43. The van der Waals surface area contributed by atoms with E-state index in [1.165, 1.54) is 89.9 Å². The van der Waals surface area contributed by atoms with Crippen molar-refractivity contribution >= 4 is 23.5 Å². The highest BCUT2D eigenvalue weighted by Gasteiger charge is 2.28. The molecule has 0 aromatic heterocycles. The van der Waals surface area contributed by atoms with E-state index >= 15 is 0 Å². The molecule has 0 nitrogen and oxygen atoms in total. The Hall–Kier alpha value is 0.700. The molecule has 0 heterocycles. The molecule has 0 bridgehead atoms. The highest BCUT2D eigenvalue weighted by atomic mass is 32.2. The Morgan fingerprint density at radius 1 is 0.400 bits per heavy atom. The van der Waals surface area contributed by atoms with Gasteiger partial charge in [0.25, 0.3) is 0 Å². The van der Waals surface area contributed by atoms with Crippen LogP contribution in [0.3, 0.4) is 0 Å². The summed E-state index contributed by atoms with van der Waals surface area (Å²) >= 11 is 4.79. The predicted molar refractivity (Wildman–Crippen MR) is 95.0 cm³/mol. The molecule has 0 spiro atoms. The summed E-state index contributed by atoms with van der Waals surface area (Å²) in [6.07, 6.45) is 21.2. The molecule has 20 heavy (non-hydrogen) atoms. The van der Waals surface area contributed by atoms with E-state index in [1.807, 2.05) is 0 Å². The zero-order chi connectivity index (χ0) is 13.6. The van der Waals surface area contributed by atoms with Crippen molar-refractivity contribution in [2.75, 3.05) is 0 Å². The molecular weight excluding hydrogens is 280 g/mol. The molecule has 116 valence electrons. The zero-order valence-corrected chi connectivity index (χ0v) is 14.7. The van der Waals surface area contributed by atoms with E-state index < -0.39 is 0 Å². The Labute approximate surface area is 134 Å². The summed E-state index contributed by atoms with van der Waals surface area (Å²) in [5, 5.41) is 4.06. The Kier molecular flexibility index (Phi) is 6.52. The molecule has 2 atom stereocenters. The van der Waals surface area contributed by atoms with Crippen LogP contribution in [0.5, 0.6) is 0 Å². The Balaban J connectivity index is 1.41. The van der Waals surface area contributed by atoms with Crippen molar-refractivity contribution < 1.29 is 0 Å². The maximum atomic E-state index is 2.39. The van der Waals surface area contributed by atoms with Crippen LogP contribution in [0.15, 0.2) is 0 Å². The molecule has 3 aliphatic carbocycles. The van der Waals surface area contributed by atoms with Crippen LogP contribution in [0.2, 0.25) is 0 Å². The zero-order valence-electron chi connectivity index (χ0n) is 13.0. The maximum absolute atomic E-state index is 2.39. The lowest BCUT2D eigenvalue weighted by atomic mass is 9.99. The van der Waals surface area contributed by atoms with Crippen molar-refractivity contribution in [1.29, 1.82) is 0 Å². The van der Waals surface area contributed by atoms with Gasteiger partial charge in [0, 0.05) is 21.0 Å². The van der Waals surface area contributed by atoms with Gasteiger partial charge in [0.2, 0.25) is 0 Å². The standard InChI is InChI=1S/C18H32S2/c1-3-8-15(9-4-1)19-17-12-7-13-18(14-17)20-16-10-5-2-6-11-16/h15-18H,1-14H2. The van der Waals surface area contributed by atoms with E-state index in [0.717, 1.165) is 21.0 Å². The van der Waals surface area contributed by atoms with E-state index in [0.29, 0.717) is 0 Å². The number of hydrogen-bond acceptors (Lipinski definition) is 2. The molecule has 3 fully saturated rings. The summed E-state index contributed by atoms with van der Waals surface area (Å²) in [5.74, 6) is 0. The minimum atomic E-state index is 1.01. The van der Waals surface area contributed by atoms with Crippen molar-refractivity contribution in [2.45, 2.75) is 111 Å². The Bertz CT molecular complexity index is 241. The molecule has 0 aliphatic heterocycles. The Morgan fingerprint density at radius 2 is 0.800 bits per heavy atom. The van der Waals surface area contributed by atoms with E-state index in [9.17, 15) is 0 Å². The summed E-state index contributed by atoms with van der Waals surface area (Å²) in [7, 11) is 0. The second kappa shape index (κ2) is 8.36. The summed E-state index contributed by atoms with van der Waals surface area (Å²) in [4.78, 5) is 0. The molecule has 0 amide bonds. The average molecular weight is 313 g/mol. The first kappa shape index (κ1) is 15.6. The van der Waals surface area contributed by atoms with Crippen molar-refractivity contribution in [3.63, 3.8) is 0 Å². The smallest absolute Gasteiger partial charge is 0.00603 e. The molecule has 3 saturated carbocycles. The minimum Gasteiger partial charge on any atom is -0.155 e. The third-order valence-electron chi connectivity index (χ3n) is 5.45. The van der Waals surface area contributed by atoms with Crippen LogP contribution < -0.4 is 0 Å². The van der Waals surface area contributed by atoms with Crippen molar-refractivity contribution in [1.82, 2.24) is 0 Å². The third kappa shape index (κ3) is 4.87. The van der Waals surface area contributed by atoms with E-state index in [1.54, 1.807) is 0 Å². The van der Waals surface area contributed by atoms with Crippen LogP contribution in [0, 0.1) is 0 Å². The van der Waals surface area contributed by atoms with Gasteiger partial charge in [-0.1, -0.05) is 44.9 Å². The summed E-state index contributed by atoms with van der Waals surface area (Å²) < 4.78 is 0. The van der Waals surface area contributed by atoms with Crippen LogP contribution in [0.25, 0.3) is 0 Å². The van der Waals surface area contributed by atoms with Gasteiger partial charge >= 0.3 is 0 Å². The molecule has 2 heteroatoms. The van der Waals surface area contributed by atoms with Crippen LogP contribution >= 0.6 is 23.5 Å². The lowest BCUT2D eigenvalue weighted by molar-refractivity contribution is 0.492. The van der Waals surface area contributed by atoms with Gasteiger partial charge in [-0.2, -0.15) is 23.5 Å². The quantitative estimate of drug-likeness (QED) is 0.586. The van der Waals surface area contributed by atoms with Crippen LogP contribution in [0.1, 0.15) is 89.9 Å². The van der Waals surface area contributed by atoms with Gasteiger partial charge in [-0.15, -0.1) is 0 Å². The van der Waals surface area contributed by atoms with Gasteiger partial charge in [0.1, 0.15) is 0 Å². The van der Waals surface area contributed by atoms with Crippen LogP contribution in [-0.4, -0.2) is 21.0 Å². The second-order valence-corrected chi connectivity index (χ2v) is 10.4. The molecule has 3 rings (SSSR count). The average Bonchev–Trinajstić information content (AvgIpc) is 2.50. The highest BCUT2D eigenvalue weighted by molar-refractivity contribution is 8.01. The van der Waals surface area contributed by atoms with Crippen molar-refractivity contribution in [3.05, 3.63) is 0 Å². The van der Waals surface area contributed by atoms with Gasteiger partial charge in [0.05, 0.1) is 0 Å². The van der Waals surface area contributed by atoms with Crippen molar-refractivity contribution in [2.24, 2.45) is 0 Å². The van der Waals surface area contributed by atoms with Gasteiger partial charge in [-0.3, -0.25) is 0 Å². The van der Waals surface area contributed by atoms with E-state index in [-0.39, 0.29) is 0 Å². The fourth-order valence-electron chi connectivity index (χ4n) is 4.30. The van der Waals surface area contributed by atoms with Crippen LogP contribution in [-0.2, 0) is 0 Å². The van der Waals surface area contributed by atoms with Crippen LogP contribution in [0.4, 0.5) is 0 Å². The molecule has 2 unspecified atom stereocenters. The SMILES string of the molecule is C1CCC(SC2CCCC(SC3CCCCC3)C2)CC1. The molecule has 0 saturated heterocycles. The highest BCUT2D eigenvalue weighted by Crippen LogP contribution is 2.42. The van der Waals surface area contributed by atoms with E-state index in [2.05, 4.69) is 23.5 Å². The lowest BCUT2D eigenvalue weighted by Crippen LogP contribution is -2.25. The molecule has 0 aromatic rings. The monoisotopic (exact) mass is 312 g/mol. The van der Waals surface area contributed by atoms with Crippen molar-refractivity contribution in [3.8, 4) is 0 Å². The number of hydrogen-bond donors (Lipinski definition) is 0. The topological polar surface area (TPSA) is 0 Å². The first-order valence-corrected chi connectivity index (χ1v) is 11.1. The molecule has 0 radical (unpaired) electrons. The molecule has 3 aliphatic rings. The fourth-order valence-corrected chi connectivity index (χ4v) is 8.01. The largest absolute Gasteiger partial charge is 0.155 e. The van der Waals surface area contributed by atoms with E-state index in [4.69, 9.17) is 0 Å². The van der Waals surface area contributed by atoms with Gasteiger partial charge in [-0.05, 0) is 44.9 Å². The molecular formula is C18H32S2.